The van der Waals surface area contributed by atoms with Crippen LogP contribution in [0.2, 0.25) is 0 Å². The molecule has 8 heteroatoms. The van der Waals surface area contributed by atoms with E-state index in [1.807, 2.05) is 0 Å². The molecule has 0 unspecified atom stereocenters. The molecule has 1 aliphatic carbocycles. The van der Waals surface area contributed by atoms with Crippen molar-refractivity contribution in [2.24, 2.45) is 0 Å². The van der Waals surface area contributed by atoms with Gasteiger partial charge < -0.3 is 19.2 Å². The van der Waals surface area contributed by atoms with Crippen molar-refractivity contribution < 1.29 is 18.7 Å². The van der Waals surface area contributed by atoms with E-state index in [1.54, 1.807) is 18.2 Å². The lowest BCUT2D eigenvalue weighted by Gasteiger charge is -2.04. The maximum atomic E-state index is 11.9. The molecule has 1 aliphatic heterocycles. The number of fused-ring (bicyclic) bond motifs is 1. The molecule has 0 radical (unpaired) electrons. The molecule has 1 fully saturated rings. The molecule has 4 rings (SSSR count). The fraction of sp³-hybridized carbons (Fsp3) is 0.357. The van der Waals surface area contributed by atoms with Crippen LogP contribution >= 0.6 is 11.8 Å². The van der Waals surface area contributed by atoms with Gasteiger partial charge in [-0.2, -0.15) is 0 Å². The van der Waals surface area contributed by atoms with Crippen molar-refractivity contribution in [3.05, 3.63) is 24.1 Å². The molecule has 1 aromatic heterocycles. The minimum absolute atomic E-state index is 0.143. The Hall–Kier alpha value is -2.22. The van der Waals surface area contributed by atoms with Crippen LogP contribution in [0.4, 0.5) is 5.69 Å². The Bertz CT molecular complexity index is 714. The summed E-state index contributed by atoms with van der Waals surface area (Å²) in [7, 11) is 0. The standard InChI is InChI=1S/C14H13N3O4S/c18-12(6-22-14-17-16-13(21-14)8-1-2-8)15-9-3-4-10-11(5-9)20-7-19-10/h3-5,8H,1-2,6-7H2,(H,15,18). The molecular weight excluding hydrogens is 306 g/mol. The second-order valence-electron chi connectivity index (χ2n) is 5.09. The molecule has 1 amide bonds. The van der Waals surface area contributed by atoms with Gasteiger partial charge in [0, 0.05) is 17.7 Å². The van der Waals surface area contributed by atoms with Gasteiger partial charge in [0.1, 0.15) is 0 Å². The van der Waals surface area contributed by atoms with E-state index in [0.29, 0.717) is 34.2 Å². The average molecular weight is 319 g/mol. The lowest BCUT2D eigenvalue weighted by Crippen LogP contribution is -2.13. The van der Waals surface area contributed by atoms with Crippen molar-refractivity contribution in [1.29, 1.82) is 0 Å². The van der Waals surface area contributed by atoms with Gasteiger partial charge in [0.25, 0.3) is 5.22 Å². The van der Waals surface area contributed by atoms with Gasteiger partial charge in [-0.15, -0.1) is 10.2 Å². The highest BCUT2D eigenvalue weighted by molar-refractivity contribution is 7.99. The zero-order chi connectivity index (χ0) is 14.9. The van der Waals surface area contributed by atoms with Crippen molar-refractivity contribution in [2.45, 2.75) is 24.0 Å². The van der Waals surface area contributed by atoms with Gasteiger partial charge in [0.05, 0.1) is 5.75 Å². The van der Waals surface area contributed by atoms with Crippen LogP contribution < -0.4 is 14.8 Å². The normalized spacial score (nSPS) is 15.8. The zero-order valence-electron chi connectivity index (χ0n) is 11.6. The number of carbonyl (C=O) groups excluding carboxylic acids is 1. The van der Waals surface area contributed by atoms with Crippen molar-refractivity contribution >= 4 is 23.4 Å². The SMILES string of the molecule is O=C(CSc1nnc(C2CC2)o1)Nc1ccc2c(c1)OCO2. The van der Waals surface area contributed by atoms with E-state index in [-0.39, 0.29) is 18.5 Å². The number of amides is 1. The maximum absolute atomic E-state index is 11.9. The number of benzene rings is 1. The van der Waals surface area contributed by atoms with Crippen LogP contribution in [0.1, 0.15) is 24.7 Å². The molecule has 1 saturated carbocycles. The van der Waals surface area contributed by atoms with Gasteiger partial charge >= 0.3 is 0 Å². The van der Waals surface area contributed by atoms with Gasteiger partial charge in [0.2, 0.25) is 18.6 Å². The minimum atomic E-state index is -0.143. The Kier molecular flexibility index (Phi) is 3.38. The molecule has 114 valence electrons. The molecular formula is C14H13N3O4S. The Morgan fingerprint density at radius 1 is 1.27 bits per heavy atom. The summed E-state index contributed by atoms with van der Waals surface area (Å²) in [6.07, 6.45) is 2.22. The van der Waals surface area contributed by atoms with Gasteiger partial charge in [0.15, 0.2) is 11.5 Å². The van der Waals surface area contributed by atoms with E-state index in [0.717, 1.165) is 12.8 Å². The second-order valence-corrected chi connectivity index (χ2v) is 6.01. The molecule has 1 N–H and O–H groups in total. The molecule has 2 aliphatic rings. The second kappa shape index (κ2) is 5.53. The largest absolute Gasteiger partial charge is 0.454 e. The van der Waals surface area contributed by atoms with E-state index in [9.17, 15) is 4.79 Å². The fourth-order valence-corrected chi connectivity index (χ4v) is 2.64. The maximum Gasteiger partial charge on any atom is 0.277 e. The van der Waals surface area contributed by atoms with Crippen LogP contribution in [0.3, 0.4) is 0 Å². The number of nitrogens with zero attached hydrogens (tertiary/aromatic N) is 2. The van der Waals surface area contributed by atoms with Crippen molar-refractivity contribution in [1.82, 2.24) is 10.2 Å². The smallest absolute Gasteiger partial charge is 0.277 e. The predicted octanol–water partition coefficient (Wildman–Crippen LogP) is 2.41. The zero-order valence-corrected chi connectivity index (χ0v) is 12.4. The summed E-state index contributed by atoms with van der Waals surface area (Å²) < 4.78 is 16.0. The van der Waals surface area contributed by atoms with Gasteiger partial charge in [-0.25, -0.2) is 0 Å². The third kappa shape index (κ3) is 2.87. The molecule has 0 saturated heterocycles. The lowest BCUT2D eigenvalue weighted by molar-refractivity contribution is -0.113. The summed E-state index contributed by atoms with van der Waals surface area (Å²) in [5.41, 5.74) is 0.666. The first-order valence-electron chi connectivity index (χ1n) is 6.93. The highest BCUT2D eigenvalue weighted by Crippen LogP contribution is 2.39. The Morgan fingerprint density at radius 2 is 2.14 bits per heavy atom. The van der Waals surface area contributed by atoms with E-state index >= 15 is 0 Å². The van der Waals surface area contributed by atoms with Gasteiger partial charge in [-0.3, -0.25) is 4.79 Å². The fourth-order valence-electron chi connectivity index (χ4n) is 2.07. The third-order valence-corrected chi connectivity index (χ3v) is 4.15. The van der Waals surface area contributed by atoms with Crippen LogP contribution in [0.5, 0.6) is 11.5 Å². The number of thioether (sulfide) groups is 1. The van der Waals surface area contributed by atoms with Crippen LogP contribution in [-0.2, 0) is 4.79 Å². The molecule has 2 heterocycles. The summed E-state index contributed by atoms with van der Waals surface area (Å²) >= 11 is 1.23. The summed E-state index contributed by atoms with van der Waals surface area (Å²) in [4.78, 5) is 11.9. The van der Waals surface area contributed by atoms with Crippen LogP contribution in [0, 0.1) is 0 Å². The number of ether oxygens (including phenoxy) is 2. The quantitative estimate of drug-likeness (QED) is 0.847. The first kappa shape index (κ1) is 13.4. The van der Waals surface area contributed by atoms with Crippen LogP contribution in [0.25, 0.3) is 0 Å². The first-order chi connectivity index (χ1) is 10.8. The lowest BCUT2D eigenvalue weighted by atomic mass is 10.3. The molecule has 0 atom stereocenters. The number of rotatable bonds is 5. The highest BCUT2D eigenvalue weighted by Gasteiger charge is 2.29. The summed E-state index contributed by atoms with van der Waals surface area (Å²) in [5.74, 6) is 2.49. The molecule has 1 aromatic carbocycles. The average Bonchev–Trinajstić information content (AvgIpc) is 3.08. The van der Waals surface area contributed by atoms with Gasteiger partial charge in [-0.05, 0) is 25.0 Å². The molecule has 2 aromatic rings. The van der Waals surface area contributed by atoms with E-state index in [4.69, 9.17) is 13.9 Å². The van der Waals surface area contributed by atoms with E-state index in [1.165, 1.54) is 11.8 Å². The monoisotopic (exact) mass is 319 g/mol. The van der Waals surface area contributed by atoms with E-state index < -0.39 is 0 Å². The summed E-state index contributed by atoms with van der Waals surface area (Å²) in [6.45, 7) is 0.211. The Labute approximate surface area is 130 Å². The highest BCUT2D eigenvalue weighted by atomic mass is 32.2. The number of hydrogen-bond donors (Lipinski definition) is 1. The van der Waals surface area contributed by atoms with E-state index in [2.05, 4.69) is 15.5 Å². The summed E-state index contributed by atoms with van der Waals surface area (Å²) in [6, 6.07) is 5.28. The number of hydrogen-bond acceptors (Lipinski definition) is 7. The number of nitrogens with one attached hydrogen (secondary N) is 1. The molecule has 0 bridgehead atoms. The van der Waals surface area contributed by atoms with Crippen LogP contribution in [-0.4, -0.2) is 28.7 Å². The predicted molar refractivity (Wildman–Crippen MR) is 78.2 cm³/mol. The summed E-state index contributed by atoms with van der Waals surface area (Å²) in [5, 5.41) is 11.1. The minimum Gasteiger partial charge on any atom is -0.454 e. The Balaban J connectivity index is 1.32. The third-order valence-electron chi connectivity index (χ3n) is 3.33. The molecule has 22 heavy (non-hydrogen) atoms. The van der Waals surface area contributed by atoms with Crippen molar-refractivity contribution in [2.75, 3.05) is 17.9 Å². The van der Waals surface area contributed by atoms with Crippen molar-refractivity contribution in [3.63, 3.8) is 0 Å². The first-order valence-corrected chi connectivity index (χ1v) is 7.92. The van der Waals surface area contributed by atoms with Gasteiger partial charge in [-0.1, -0.05) is 11.8 Å². The number of carbonyl (C=O) groups is 1. The Morgan fingerprint density at radius 3 is 3.00 bits per heavy atom. The van der Waals surface area contributed by atoms with Crippen molar-refractivity contribution in [3.8, 4) is 11.5 Å². The topological polar surface area (TPSA) is 86.5 Å². The molecule has 7 nitrogen and oxygen atoms in total. The molecule has 0 spiro atoms. The van der Waals surface area contributed by atoms with Crippen LogP contribution in [0.15, 0.2) is 27.8 Å². The number of anilines is 1. The number of aromatic nitrogens is 2.